The van der Waals surface area contributed by atoms with E-state index >= 15 is 0 Å². The summed E-state index contributed by atoms with van der Waals surface area (Å²) < 4.78 is 1.22. The van der Waals surface area contributed by atoms with Crippen molar-refractivity contribution in [3.8, 4) is 0 Å². The molecule has 0 saturated heterocycles. The van der Waals surface area contributed by atoms with Gasteiger partial charge in [0.05, 0.1) is 6.04 Å². The highest BCUT2D eigenvalue weighted by Crippen LogP contribution is 2.19. The number of hydrogen-bond donors (Lipinski definition) is 1. The van der Waals surface area contributed by atoms with E-state index in [1.807, 2.05) is 37.3 Å². The van der Waals surface area contributed by atoms with Crippen LogP contribution in [0.25, 0.3) is 5.65 Å². The topological polar surface area (TPSA) is 85.4 Å². The average molecular weight is 283 g/mol. The van der Waals surface area contributed by atoms with Crippen molar-refractivity contribution in [1.82, 2.24) is 14.6 Å². The largest absolute Gasteiger partial charge is 0.368 e. The molecule has 0 aliphatic rings. The highest BCUT2D eigenvalue weighted by atomic mass is 16.6. The van der Waals surface area contributed by atoms with E-state index in [4.69, 9.17) is 0 Å². The number of aromatic nitrogens is 3. The summed E-state index contributed by atoms with van der Waals surface area (Å²) in [4.78, 5) is 14.4. The third kappa shape index (κ3) is 2.53. The minimum atomic E-state index is -0.503. The van der Waals surface area contributed by atoms with Gasteiger partial charge in [0.25, 0.3) is 0 Å². The molecule has 0 saturated carbocycles. The van der Waals surface area contributed by atoms with E-state index in [1.165, 1.54) is 10.7 Å². The Morgan fingerprint density at radius 3 is 2.71 bits per heavy atom. The molecule has 7 heteroatoms. The molecule has 1 aromatic carbocycles. The third-order valence-corrected chi connectivity index (χ3v) is 3.20. The second-order valence-corrected chi connectivity index (χ2v) is 4.64. The fourth-order valence-corrected chi connectivity index (χ4v) is 2.11. The highest BCUT2D eigenvalue weighted by molar-refractivity contribution is 5.48. The molecule has 1 N–H and O–H groups in total. The minimum absolute atomic E-state index is 0.0405. The fraction of sp³-hybridized carbons (Fsp3) is 0.143. The van der Waals surface area contributed by atoms with E-state index in [2.05, 4.69) is 15.4 Å². The molecule has 7 nitrogen and oxygen atoms in total. The number of benzene rings is 1. The van der Waals surface area contributed by atoms with Crippen LogP contribution in [0, 0.1) is 10.1 Å². The summed E-state index contributed by atoms with van der Waals surface area (Å²) in [6, 6.07) is 13.4. The predicted molar refractivity (Wildman–Crippen MR) is 78.1 cm³/mol. The van der Waals surface area contributed by atoms with Gasteiger partial charge in [0.1, 0.15) is 6.20 Å². The maximum atomic E-state index is 10.9. The van der Waals surface area contributed by atoms with E-state index < -0.39 is 4.92 Å². The Morgan fingerprint density at radius 1 is 1.24 bits per heavy atom. The van der Waals surface area contributed by atoms with Crippen LogP contribution in [0.5, 0.6) is 0 Å². The zero-order valence-electron chi connectivity index (χ0n) is 11.3. The molecule has 3 rings (SSSR count). The molecule has 106 valence electrons. The number of imidazole rings is 1. The molecule has 0 radical (unpaired) electrons. The summed E-state index contributed by atoms with van der Waals surface area (Å²) in [6.07, 6.45) is 1.20. The first-order valence-electron chi connectivity index (χ1n) is 6.46. The summed E-state index contributed by atoms with van der Waals surface area (Å²) in [5.74, 6) is 0.404. The van der Waals surface area contributed by atoms with Gasteiger partial charge in [0.2, 0.25) is 5.65 Å². The van der Waals surface area contributed by atoms with Gasteiger partial charge < -0.3 is 15.4 Å². The second kappa shape index (κ2) is 5.20. The van der Waals surface area contributed by atoms with Crippen molar-refractivity contribution in [2.75, 3.05) is 5.32 Å². The maximum Gasteiger partial charge on any atom is 0.368 e. The van der Waals surface area contributed by atoms with E-state index in [0.29, 0.717) is 11.5 Å². The van der Waals surface area contributed by atoms with Gasteiger partial charge >= 0.3 is 5.82 Å². The van der Waals surface area contributed by atoms with Gasteiger partial charge in [-0.1, -0.05) is 39.9 Å². The Balaban J connectivity index is 1.91. The summed E-state index contributed by atoms with van der Waals surface area (Å²) >= 11 is 0. The van der Waals surface area contributed by atoms with E-state index in [1.54, 1.807) is 12.1 Å². The molecule has 0 aliphatic carbocycles. The van der Waals surface area contributed by atoms with E-state index in [0.717, 1.165) is 5.56 Å². The molecule has 21 heavy (non-hydrogen) atoms. The lowest BCUT2D eigenvalue weighted by atomic mass is 10.1. The first kappa shape index (κ1) is 13.0. The zero-order chi connectivity index (χ0) is 14.8. The number of nitrogens with one attached hydrogen (secondary N) is 1. The molecule has 0 amide bonds. The first-order chi connectivity index (χ1) is 10.1. The van der Waals surface area contributed by atoms with Crippen LogP contribution in [0.4, 0.5) is 11.6 Å². The van der Waals surface area contributed by atoms with Crippen molar-refractivity contribution in [2.24, 2.45) is 0 Å². The summed E-state index contributed by atoms with van der Waals surface area (Å²) in [6.45, 7) is 2.00. The zero-order valence-corrected chi connectivity index (χ0v) is 11.3. The Hall–Kier alpha value is -2.96. The van der Waals surface area contributed by atoms with Crippen molar-refractivity contribution >= 4 is 17.3 Å². The number of hydrogen-bond acceptors (Lipinski definition) is 5. The standard InChI is InChI=1S/C14H13N5O2/c1-10(11-5-3-2-4-6-11)16-12-7-8-13-15-9-14(19(20)21)18(13)17-12/h2-10H,1H3,(H,16,17)/t10-/m0/s1. The van der Waals surface area contributed by atoms with Crippen molar-refractivity contribution in [1.29, 1.82) is 0 Å². The van der Waals surface area contributed by atoms with Crippen molar-refractivity contribution in [2.45, 2.75) is 13.0 Å². The van der Waals surface area contributed by atoms with Crippen LogP contribution in [-0.4, -0.2) is 19.5 Å². The highest BCUT2D eigenvalue weighted by Gasteiger charge is 2.16. The SMILES string of the molecule is C[C@H](Nc1ccc2ncc([N+](=O)[O-])n2n1)c1ccccc1. The molecule has 0 bridgehead atoms. The summed E-state index contributed by atoms with van der Waals surface area (Å²) in [5.41, 5.74) is 1.55. The number of anilines is 1. The summed E-state index contributed by atoms with van der Waals surface area (Å²) in [7, 11) is 0. The average Bonchev–Trinajstić information content (AvgIpc) is 2.91. The van der Waals surface area contributed by atoms with Crippen LogP contribution in [0.15, 0.2) is 48.7 Å². The van der Waals surface area contributed by atoms with E-state index in [9.17, 15) is 10.1 Å². The van der Waals surface area contributed by atoms with Gasteiger partial charge in [0.15, 0.2) is 5.82 Å². The summed E-state index contributed by atoms with van der Waals surface area (Å²) in [5, 5.41) is 18.4. The van der Waals surface area contributed by atoms with Crippen LogP contribution in [0.1, 0.15) is 18.5 Å². The number of nitrogens with zero attached hydrogens (tertiary/aromatic N) is 4. The number of nitro groups is 1. The van der Waals surface area contributed by atoms with Crippen molar-refractivity contribution < 1.29 is 4.92 Å². The van der Waals surface area contributed by atoms with Gasteiger partial charge in [-0.25, -0.2) is 4.98 Å². The van der Waals surface area contributed by atoms with Crippen LogP contribution in [0.2, 0.25) is 0 Å². The quantitative estimate of drug-likeness (QED) is 0.587. The lowest BCUT2D eigenvalue weighted by Crippen LogP contribution is -2.09. The molecule has 3 aromatic rings. The molecular weight excluding hydrogens is 270 g/mol. The molecule has 0 aliphatic heterocycles. The molecule has 1 atom stereocenters. The Bertz CT molecular complexity index is 784. The van der Waals surface area contributed by atoms with Gasteiger partial charge in [-0.3, -0.25) is 0 Å². The molecular formula is C14H13N5O2. The maximum absolute atomic E-state index is 10.9. The third-order valence-electron chi connectivity index (χ3n) is 3.20. The van der Waals surface area contributed by atoms with Gasteiger partial charge in [-0.15, -0.1) is 0 Å². The monoisotopic (exact) mass is 283 g/mol. The number of rotatable bonds is 4. The molecule has 2 aromatic heterocycles. The smallest absolute Gasteiger partial charge is 0.360 e. The Morgan fingerprint density at radius 2 is 2.00 bits per heavy atom. The lowest BCUT2D eigenvalue weighted by Gasteiger charge is -2.13. The molecule has 0 fully saturated rings. The van der Waals surface area contributed by atoms with Crippen LogP contribution >= 0.6 is 0 Å². The fourth-order valence-electron chi connectivity index (χ4n) is 2.11. The Labute approximate surface area is 120 Å². The predicted octanol–water partition coefficient (Wildman–Crippen LogP) is 2.81. The van der Waals surface area contributed by atoms with Crippen LogP contribution in [0.3, 0.4) is 0 Å². The molecule has 0 spiro atoms. The van der Waals surface area contributed by atoms with Gasteiger partial charge in [-0.05, 0) is 23.5 Å². The lowest BCUT2D eigenvalue weighted by molar-refractivity contribution is -0.391. The van der Waals surface area contributed by atoms with Crippen molar-refractivity contribution in [3.05, 3.63) is 64.3 Å². The Kier molecular flexibility index (Phi) is 3.23. The number of fused-ring (bicyclic) bond motifs is 1. The first-order valence-corrected chi connectivity index (χ1v) is 6.46. The molecule has 0 unspecified atom stereocenters. The molecule has 2 heterocycles. The minimum Gasteiger partial charge on any atom is -0.360 e. The van der Waals surface area contributed by atoms with E-state index in [-0.39, 0.29) is 11.9 Å². The normalized spacial score (nSPS) is 12.2. The van der Waals surface area contributed by atoms with Gasteiger partial charge in [0, 0.05) is 6.07 Å². The van der Waals surface area contributed by atoms with Crippen LogP contribution < -0.4 is 5.32 Å². The van der Waals surface area contributed by atoms with Crippen LogP contribution in [-0.2, 0) is 0 Å². The second-order valence-electron chi connectivity index (χ2n) is 4.64. The van der Waals surface area contributed by atoms with Gasteiger partial charge in [-0.2, -0.15) is 0 Å². The van der Waals surface area contributed by atoms with Crippen molar-refractivity contribution in [3.63, 3.8) is 0 Å².